The lowest BCUT2D eigenvalue weighted by Gasteiger charge is -2.41. The number of hydrogen-bond acceptors (Lipinski definition) is 17. The van der Waals surface area contributed by atoms with Crippen molar-refractivity contribution < 1.29 is 66.9 Å². The number of primary amides is 1. The van der Waals surface area contributed by atoms with Gasteiger partial charge >= 0.3 is 18.2 Å². The summed E-state index contributed by atoms with van der Waals surface area (Å²) in [6, 6.07) is 8.07. The standard InChI is InChI=1S/C70H111N13O14S/c1-17-44(7)57(53(94-15)39-54(84)83-36-21-24-52(83)58(95-16)45(8)59(85)78-51(63-73-35-37-98-63)38-46-27-25-43(6)26-28-46)82(14)64(89)56(42(4)5)80-65(90)70(12,13)81-68(93)96-40-47-29-31-48(32-30-47)76-61(87)50(23-20-34-74-66(72)91)77-62(88)55(41(2)3)79-60(86)49(71)22-18-19-33-75-67(92)97-69(9,10)11/h25-32,35,37,41-42,44-45,49-53,55-58H,17-24,33-34,36,38-40,71H2,1-16H3,(H,75,92)(H,76,87)(H,77,88)(H,78,85)(H,79,86)(H,80,90)(H,81,93)(H3,72,74,91)/t44-,45+,49-,50-,51-,52-,53+,55-,56-,57-,58+/m0/s1. The normalized spacial score (nSPS) is 16.3. The summed E-state index contributed by atoms with van der Waals surface area (Å²) >= 11 is 1.47. The molecule has 0 spiro atoms. The van der Waals surface area contributed by atoms with Gasteiger partial charge in [-0.2, -0.15) is 0 Å². The lowest BCUT2D eigenvalue weighted by Crippen LogP contribution is -2.62. The van der Waals surface area contributed by atoms with Crippen LogP contribution in [0.1, 0.15) is 169 Å². The van der Waals surface area contributed by atoms with E-state index in [0.29, 0.717) is 62.9 Å². The second-order valence-electron chi connectivity index (χ2n) is 27.7. The molecule has 2 aromatic carbocycles. The Hall–Kier alpha value is -7.95. The van der Waals surface area contributed by atoms with Gasteiger partial charge in [0.15, 0.2) is 0 Å². The zero-order valence-electron chi connectivity index (χ0n) is 60.3. The minimum atomic E-state index is -1.59. The number of aryl methyl sites for hydroxylation is 1. The van der Waals surface area contributed by atoms with Gasteiger partial charge in [-0.25, -0.2) is 19.4 Å². The highest BCUT2D eigenvalue weighted by atomic mass is 32.1. The molecule has 1 aliphatic rings. The number of nitrogens with zero attached hydrogens (tertiary/aromatic N) is 3. The predicted molar refractivity (Wildman–Crippen MR) is 375 cm³/mol. The van der Waals surface area contributed by atoms with E-state index >= 15 is 0 Å². The summed E-state index contributed by atoms with van der Waals surface area (Å²) in [5, 5.41) is 24.7. The van der Waals surface area contributed by atoms with Crippen LogP contribution in [0.3, 0.4) is 0 Å². The fraction of sp³-hybridized carbons (Fsp3) is 0.643. The molecule has 1 fully saturated rings. The number of aromatic nitrogens is 1. The summed E-state index contributed by atoms with van der Waals surface area (Å²) in [6.45, 7) is 23.7. The number of amides is 11. The number of nitrogens with one attached hydrogen (secondary N) is 8. The first-order valence-electron chi connectivity index (χ1n) is 34.0. The molecule has 11 atom stereocenters. The number of anilines is 1. The molecule has 1 aromatic heterocycles. The van der Waals surface area contributed by atoms with E-state index in [4.69, 9.17) is 30.4 Å². The third-order valence-electron chi connectivity index (χ3n) is 17.5. The van der Waals surface area contributed by atoms with Gasteiger partial charge in [-0.15, -0.1) is 11.3 Å². The molecule has 12 N–H and O–H groups in total. The van der Waals surface area contributed by atoms with E-state index in [1.54, 1.807) is 103 Å². The molecule has 98 heavy (non-hydrogen) atoms. The van der Waals surface area contributed by atoms with E-state index in [-0.39, 0.29) is 62.6 Å². The van der Waals surface area contributed by atoms with Crippen molar-refractivity contribution in [3.63, 3.8) is 0 Å². The molecule has 0 bridgehead atoms. The smallest absolute Gasteiger partial charge is 0.408 e. The Kier molecular flexibility index (Phi) is 33.3. The van der Waals surface area contributed by atoms with Gasteiger partial charge in [0.25, 0.3) is 0 Å². The number of carbonyl (C=O) groups is 10. The number of likely N-dealkylation sites (N-methyl/N-ethyl adjacent to an activating group) is 1. The lowest BCUT2D eigenvalue weighted by atomic mass is 9.89. The number of thiazole rings is 1. The quantitative estimate of drug-likeness (QED) is 0.0268. The average molecular weight is 1390 g/mol. The number of unbranched alkanes of at least 4 members (excludes halogenated alkanes) is 1. The van der Waals surface area contributed by atoms with Crippen LogP contribution in [0.5, 0.6) is 0 Å². The van der Waals surface area contributed by atoms with Gasteiger partial charge in [-0.3, -0.25) is 33.6 Å². The average Bonchev–Trinajstić information content (AvgIpc) is 1.69. The third kappa shape index (κ3) is 26.4. The molecule has 0 unspecified atom stereocenters. The monoisotopic (exact) mass is 1390 g/mol. The summed E-state index contributed by atoms with van der Waals surface area (Å²) < 4.78 is 22.9. The number of hydrogen-bond donors (Lipinski definition) is 10. The zero-order valence-corrected chi connectivity index (χ0v) is 61.1. The summed E-state index contributed by atoms with van der Waals surface area (Å²) in [5.41, 5.74) is 12.2. The van der Waals surface area contributed by atoms with Crippen molar-refractivity contribution in [3.8, 4) is 0 Å². The molecule has 0 aliphatic carbocycles. The highest BCUT2D eigenvalue weighted by Crippen LogP contribution is 2.31. The zero-order chi connectivity index (χ0) is 73.2. The van der Waals surface area contributed by atoms with Crippen molar-refractivity contribution in [2.24, 2.45) is 35.1 Å². The summed E-state index contributed by atoms with van der Waals surface area (Å²) in [7, 11) is 4.70. The number of methoxy groups -OCH3 is 2. The highest BCUT2D eigenvalue weighted by molar-refractivity contribution is 7.09. The maximum absolute atomic E-state index is 14.7. The topological polar surface area (TPSA) is 375 Å². The van der Waals surface area contributed by atoms with Gasteiger partial charge in [-0.05, 0) is 134 Å². The Labute approximate surface area is 582 Å². The molecule has 4 rings (SSSR count). The molecule has 1 aliphatic heterocycles. The number of rotatable bonds is 38. The fourth-order valence-corrected chi connectivity index (χ4v) is 12.3. The Morgan fingerprint density at radius 3 is 1.97 bits per heavy atom. The van der Waals surface area contributed by atoms with E-state index in [9.17, 15) is 47.9 Å². The lowest BCUT2D eigenvalue weighted by molar-refractivity contribution is -0.148. The number of ether oxygens (including phenoxy) is 4. The number of urea groups is 1. The van der Waals surface area contributed by atoms with E-state index in [1.807, 2.05) is 57.3 Å². The second-order valence-corrected chi connectivity index (χ2v) is 28.6. The molecular weight excluding hydrogens is 1280 g/mol. The van der Waals surface area contributed by atoms with Crippen LogP contribution in [0.15, 0.2) is 60.1 Å². The summed E-state index contributed by atoms with van der Waals surface area (Å²) in [5.74, 6) is -5.01. The molecule has 1 saturated heterocycles. The largest absolute Gasteiger partial charge is 0.445 e. The number of benzene rings is 2. The van der Waals surface area contributed by atoms with Gasteiger partial charge in [0.1, 0.15) is 40.9 Å². The van der Waals surface area contributed by atoms with Crippen LogP contribution in [0, 0.1) is 30.6 Å². The van der Waals surface area contributed by atoms with Crippen LogP contribution in [0.4, 0.5) is 20.1 Å². The van der Waals surface area contributed by atoms with Gasteiger partial charge in [-0.1, -0.05) is 96.8 Å². The van der Waals surface area contributed by atoms with E-state index in [1.165, 1.54) is 32.3 Å². The first kappa shape index (κ1) is 82.5. The predicted octanol–water partition coefficient (Wildman–Crippen LogP) is 6.65. The minimum Gasteiger partial charge on any atom is -0.445 e. The SMILES string of the molecule is CC[C@H](C)[C@@H]([C@@H](CC(=O)N1CCC[C@H]1[C@H](OC)[C@@H](C)C(=O)N[C@@H](Cc1ccc(C)cc1)c1nccs1)OC)N(C)C(=O)[C@@H](NC(=O)C(C)(C)NC(=O)OCc1ccc(NC(=O)[C@H](CCCNC(N)=O)NC(=O)[C@@H](NC(=O)[C@@H](N)CCCCNC(=O)OC(C)(C)C)C(C)C)cc1)C(C)C. The first-order chi connectivity index (χ1) is 46.1. The number of carbonyl (C=O) groups excluding carboxylic acids is 10. The van der Waals surface area contributed by atoms with Crippen molar-refractivity contribution in [1.29, 1.82) is 0 Å². The van der Waals surface area contributed by atoms with Crippen LogP contribution in [-0.2, 0) is 65.5 Å². The Balaban J connectivity index is 1.35. The maximum Gasteiger partial charge on any atom is 0.408 e. The molecule has 11 amide bonds. The summed E-state index contributed by atoms with van der Waals surface area (Å²) in [6.07, 6.45) is 2.83. The van der Waals surface area contributed by atoms with Gasteiger partial charge in [0.2, 0.25) is 41.4 Å². The van der Waals surface area contributed by atoms with Crippen LogP contribution < -0.4 is 54.0 Å². The van der Waals surface area contributed by atoms with Gasteiger partial charge < -0.3 is 82.7 Å². The molecule has 546 valence electrons. The van der Waals surface area contributed by atoms with Crippen LogP contribution in [0.25, 0.3) is 0 Å². The molecule has 2 heterocycles. The maximum atomic E-state index is 14.7. The second kappa shape index (κ2) is 39.6. The number of alkyl carbamates (subject to hydrolysis) is 2. The van der Waals surface area contributed by atoms with Crippen molar-refractivity contribution >= 4 is 76.6 Å². The fourth-order valence-electron chi connectivity index (χ4n) is 11.6. The summed E-state index contributed by atoms with van der Waals surface area (Å²) in [4.78, 5) is 143. The van der Waals surface area contributed by atoms with Crippen LogP contribution in [-0.4, -0.2) is 175 Å². The van der Waals surface area contributed by atoms with Crippen molar-refractivity contribution in [1.82, 2.24) is 52.0 Å². The Bertz CT molecular complexity index is 3070. The van der Waals surface area contributed by atoms with Gasteiger partial charge in [0, 0.05) is 58.2 Å². The van der Waals surface area contributed by atoms with Crippen molar-refractivity contribution in [2.45, 2.75) is 226 Å². The highest BCUT2D eigenvalue weighted by Gasteiger charge is 2.44. The molecular formula is C70H111N13O14S. The van der Waals surface area contributed by atoms with Gasteiger partial charge in [0.05, 0.1) is 48.7 Å². The Morgan fingerprint density at radius 1 is 0.745 bits per heavy atom. The van der Waals surface area contributed by atoms with Crippen molar-refractivity contribution in [3.05, 3.63) is 81.8 Å². The first-order valence-corrected chi connectivity index (χ1v) is 34.9. The van der Waals surface area contributed by atoms with E-state index in [2.05, 4.69) is 47.5 Å². The molecule has 0 saturated carbocycles. The number of likely N-dealkylation sites (tertiary alicyclic amines) is 1. The van der Waals surface area contributed by atoms with Crippen LogP contribution in [0.2, 0.25) is 0 Å². The Morgan fingerprint density at radius 2 is 1.39 bits per heavy atom. The molecule has 3 aromatic rings. The third-order valence-corrected chi connectivity index (χ3v) is 18.4. The van der Waals surface area contributed by atoms with Crippen molar-refractivity contribution in [2.75, 3.05) is 46.2 Å². The minimum absolute atomic E-state index is 0.0698. The molecule has 28 heteroatoms. The van der Waals surface area contributed by atoms with Crippen LogP contribution >= 0.6 is 11.3 Å². The van der Waals surface area contributed by atoms with E-state index in [0.717, 1.165) is 16.1 Å². The van der Waals surface area contributed by atoms with E-state index < -0.39 is 125 Å². The molecule has 27 nitrogen and oxygen atoms in total. The number of nitrogens with two attached hydrogens (primary N) is 2. The molecule has 0 radical (unpaired) electrons.